The fourth-order valence-electron chi connectivity index (χ4n) is 2.19. The molecule has 5 nitrogen and oxygen atoms in total. The van der Waals surface area contributed by atoms with Gasteiger partial charge >= 0.3 is 5.97 Å². The highest BCUT2D eigenvalue weighted by atomic mass is 16.6. The molecule has 0 fully saturated rings. The standard InChI is InChI=1S/C14H19NO4/c1-9(2)7-12(14(16)17)8-11-5-4-6-13(10(11)3)15(18)19/h4-6,9,12H,7-8H2,1-3H3,(H,16,17). The summed E-state index contributed by atoms with van der Waals surface area (Å²) in [5.74, 6) is -1.07. The highest BCUT2D eigenvalue weighted by molar-refractivity contribution is 5.70. The third-order valence-electron chi connectivity index (χ3n) is 3.19. The van der Waals surface area contributed by atoms with Gasteiger partial charge in [0, 0.05) is 11.6 Å². The summed E-state index contributed by atoms with van der Waals surface area (Å²) in [7, 11) is 0. The van der Waals surface area contributed by atoms with E-state index in [2.05, 4.69) is 0 Å². The Morgan fingerprint density at radius 3 is 2.53 bits per heavy atom. The molecule has 1 atom stereocenters. The second-order valence-corrected chi connectivity index (χ2v) is 5.19. The topological polar surface area (TPSA) is 80.4 Å². The van der Waals surface area contributed by atoms with Gasteiger partial charge in [0.1, 0.15) is 0 Å². The van der Waals surface area contributed by atoms with Crippen LogP contribution in [0.2, 0.25) is 0 Å². The first kappa shape index (κ1) is 15.1. The van der Waals surface area contributed by atoms with Gasteiger partial charge in [0.25, 0.3) is 5.69 Å². The first-order valence-electron chi connectivity index (χ1n) is 6.28. The third kappa shape index (κ3) is 4.05. The molecule has 0 amide bonds. The fourth-order valence-corrected chi connectivity index (χ4v) is 2.19. The van der Waals surface area contributed by atoms with Crippen molar-refractivity contribution in [2.75, 3.05) is 0 Å². The Labute approximate surface area is 112 Å². The molecule has 104 valence electrons. The minimum absolute atomic E-state index is 0.0474. The molecule has 0 saturated heterocycles. The Hall–Kier alpha value is -1.91. The number of rotatable bonds is 6. The van der Waals surface area contributed by atoms with Crippen LogP contribution in [0.3, 0.4) is 0 Å². The van der Waals surface area contributed by atoms with Crippen molar-refractivity contribution in [3.63, 3.8) is 0 Å². The number of hydrogen-bond acceptors (Lipinski definition) is 3. The van der Waals surface area contributed by atoms with Gasteiger partial charge in [-0.05, 0) is 31.2 Å². The van der Waals surface area contributed by atoms with E-state index in [9.17, 15) is 20.0 Å². The molecule has 0 saturated carbocycles. The molecule has 1 N–H and O–H groups in total. The van der Waals surface area contributed by atoms with E-state index in [-0.39, 0.29) is 11.6 Å². The number of benzene rings is 1. The van der Waals surface area contributed by atoms with Crippen molar-refractivity contribution in [2.45, 2.75) is 33.6 Å². The van der Waals surface area contributed by atoms with E-state index in [0.717, 1.165) is 5.56 Å². The molecule has 1 aromatic carbocycles. The molecular weight excluding hydrogens is 246 g/mol. The van der Waals surface area contributed by atoms with Gasteiger partial charge in [0.05, 0.1) is 10.8 Å². The van der Waals surface area contributed by atoms with Gasteiger partial charge in [-0.2, -0.15) is 0 Å². The highest BCUT2D eigenvalue weighted by Gasteiger charge is 2.22. The average molecular weight is 265 g/mol. The SMILES string of the molecule is Cc1c(CC(CC(C)C)C(=O)O)cccc1[N+](=O)[O-]. The van der Waals surface area contributed by atoms with Gasteiger partial charge in [-0.1, -0.05) is 26.0 Å². The minimum Gasteiger partial charge on any atom is -0.481 e. The van der Waals surface area contributed by atoms with Crippen molar-refractivity contribution in [3.05, 3.63) is 39.4 Å². The maximum Gasteiger partial charge on any atom is 0.306 e. The minimum atomic E-state index is -0.848. The van der Waals surface area contributed by atoms with Crippen LogP contribution < -0.4 is 0 Å². The third-order valence-corrected chi connectivity index (χ3v) is 3.19. The predicted octanol–water partition coefficient (Wildman–Crippen LogP) is 3.19. The molecule has 0 aliphatic rings. The Kier molecular flexibility index (Phi) is 5.03. The van der Waals surface area contributed by atoms with Crippen molar-refractivity contribution in [3.8, 4) is 0 Å². The molecule has 1 unspecified atom stereocenters. The van der Waals surface area contributed by atoms with Crippen molar-refractivity contribution in [2.24, 2.45) is 11.8 Å². The second-order valence-electron chi connectivity index (χ2n) is 5.19. The summed E-state index contributed by atoms with van der Waals surface area (Å²) in [5, 5.41) is 20.1. The lowest BCUT2D eigenvalue weighted by molar-refractivity contribution is -0.385. The van der Waals surface area contributed by atoms with E-state index < -0.39 is 16.8 Å². The van der Waals surface area contributed by atoms with E-state index in [4.69, 9.17) is 0 Å². The molecule has 0 aliphatic carbocycles. The summed E-state index contributed by atoms with van der Waals surface area (Å²) in [4.78, 5) is 21.7. The van der Waals surface area contributed by atoms with Crippen LogP contribution in [0.4, 0.5) is 5.69 Å². The number of carboxylic acid groups (broad SMARTS) is 1. The summed E-state index contributed by atoms with van der Waals surface area (Å²) in [6.45, 7) is 5.61. The molecule has 0 radical (unpaired) electrons. The number of aliphatic carboxylic acids is 1. The number of nitrogens with zero attached hydrogens (tertiary/aromatic N) is 1. The number of carboxylic acids is 1. The monoisotopic (exact) mass is 265 g/mol. The van der Waals surface area contributed by atoms with Crippen LogP contribution in [0.15, 0.2) is 18.2 Å². The van der Waals surface area contributed by atoms with Crippen LogP contribution in [-0.4, -0.2) is 16.0 Å². The van der Waals surface area contributed by atoms with Crippen molar-refractivity contribution in [1.29, 1.82) is 0 Å². The molecular formula is C14H19NO4. The van der Waals surface area contributed by atoms with Gasteiger partial charge in [-0.3, -0.25) is 14.9 Å². The van der Waals surface area contributed by atoms with Gasteiger partial charge in [-0.15, -0.1) is 0 Å². The Morgan fingerprint density at radius 2 is 2.05 bits per heavy atom. The number of hydrogen-bond donors (Lipinski definition) is 1. The summed E-state index contributed by atoms with van der Waals surface area (Å²) in [5.41, 5.74) is 1.34. The molecule has 0 heterocycles. The summed E-state index contributed by atoms with van der Waals surface area (Å²) >= 11 is 0. The normalized spacial score (nSPS) is 12.4. The molecule has 0 bridgehead atoms. The van der Waals surface area contributed by atoms with E-state index in [0.29, 0.717) is 18.4 Å². The van der Waals surface area contributed by atoms with E-state index >= 15 is 0 Å². The molecule has 0 aromatic heterocycles. The Bertz CT molecular complexity index is 482. The Morgan fingerprint density at radius 1 is 1.42 bits per heavy atom. The van der Waals surface area contributed by atoms with E-state index in [1.54, 1.807) is 19.1 Å². The molecule has 0 spiro atoms. The van der Waals surface area contributed by atoms with Gasteiger partial charge in [0.15, 0.2) is 0 Å². The lowest BCUT2D eigenvalue weighted by atomic mass is 9.89. The number of carbonyl (C=O) groups is 1. The zero-order valence-corrected chi connectivity index (χ0v) is 11.4. The summed E-state index contributed by atoms with van der Waals surface area (Å²) in [6.07, 6.45) is 0.901. The largest absolute Gasteiger partial charge is 0.481 e. The lowest BCUT2D eigenvalue weighted by Gasteiger charge is -2.15. The van der Waals surface area contributed by atoms with E-state index in [1.807, 2.05) is 13.8 Å². The maximum atomic E-state index is 11.2. The van der Waals surface area contributed by atoms with Crippen LogP contribution in [0.25, 0.3) is 0 Å². The Balaban J connectivity index is 3.00. The van der Waals surface area contributed by atoms with Crippen molar-refractivity contribution >= 4 is 11.7 Å². The zero-order valence-electron chi connectivity index (χ0n) is 11.4. The smallest absolute Gasteiger partial charge is 0.306 e. The quantitative estimate of drug-likeness (QED) is 0.632. The number of nitro groups is 1. The summed E-state index contributed by atoms with van der Waals surface area (Å²) < 4.78 is 0. The van der Waals surface area contributed by atoms with E-state index in [1.165, 1.54) is 6.07 Å². The second kappa shape index (κ2) is 6.31. The predicted molar refractivity (Wildman–Crippen MR) is 72.1 cm³/mol. The highest BCUT2D eigenvalue weighted by Crippen LogP contribution is 2.25. The molecule has 19 heavy (non-hydrogen) atoms. The molecule has 1 rings (SSSR count). The molecule has 0 aliphatic heterocycles. The van der Waals surface area contributed by atoms with Crippen molar-refractivity contribution < 1.29 is 14.8 Å². The van der Waals surface area contributed by atoms with Crippen LogP contribution in [0.1, 0.15) is 31.4 Å². The first-order chi connectivity index (χ1) is 8.82. The van der Waals surface area contributed by atoms with Crippen LogP contribution in [0.5, 0.6) is 0 Å². The lowest BCUT2D eigenvalue weighted by Crippen LogP contribution is -2.19. The maximum absolute atomic E-state index is 11.2. The van der Waals surface area contributed by atoms with Crippen LogP contribution in [0, 0.1) is 28.9 Å². The zero-order chi connectivity index (χ0) is 14.6. The first-order valence-corrected chi connectivity index (χ1v) is 6.28. The average Bonchev–Trinajstić information content (AvgIpc) is 2.29. The van der Waals surface area contributed by atoms with Crippen LogP contribution in [-0.2, 0) is 11.2 Å². The fraction of sp³-hybridized carbons (Fsp3) is 0.500. The molecule has 5 heteroatoms. The molecule has 1 aromatic rings. The van der Waals surface area contributed by atoms with Gasteiger partial charge in [0.2, 0.25) is 0 Å². The van der Waals surface area contributed by atoms with Crippen molar-refractivity contribution in [1.82, 2.24) is 0 Å². The van der Waals surface area contributed by atoms with Crippen LogP contribution >= 0.6 is 0 Å². The summed E-state index contributed by atoms with van der Waals surface area (Å²) in [6, 6.07) is 4.81. The van der Waals surface area contributed by atoms with Gasteiger partial charge < -0.3 is 5.11 Å². The van der Waals surface area contributed by atoms with Gasteiger partial charge in [-0.25, -0.2) is 0 Å². The number of nitro benzene ring substituents is 1.